The van der Waals surface area contributed by atoms with Gasteiger partial charge < -0.3 is 142 Å². The first-order chi connectivity index (χ1) is 48.2. The minimum absolute atomic E-state index is 0.0854. The number of unbranched alkanes of at least 4 members (excludes halogenated alkanes) is 3. The Morgan fingerprint density at radius 3 is 0.802 bits per heavy atom. The molecule has 15 atom stereocenters. The number of hydrogen-bond donors (Lipinski definition) is 19. The summed E-state index contributed by atoms with van der Waals surface area (Å²) in [6.07, 6.45) is -11.7. The van der Waals surface area contributed by atoms with Crippen molar-refractivity contribution in [1.29, 1.82) is 0 Å². The smallest absolute Gasteiger partial charge is 0.222 e. The van der Waals surface area contributed by atoms with Crippen LogP contribution in [0.4, 0.5) is 0 Å². The van der Waals surface area contributed by atoms with Crippen molar-refractivity contribution in [3.8, 4) is 0 Å². The largest absolute Gasteiger partial charge is 0.394 e. The monoisotopic (exact) mass is 1460 g/mol. The molecule has 0 radical (unpaired) electrons. The average Bonchev–Trinajstić information content (AvgIpc) is 0.824. The SMILES string of the molecule is CC(=O)NC1C(O)[C@H](O)C(CO)O[C@@H]1OCCCCC(=O)NCCCNC(=O)CCOCC(COCCC(=O)NCCCNC(=O)CCCCO[C@H]1OC(CO)[C@@H](O)C(O)C1NC(C)=O)(COCCC(=O)NCCCNC(=O)CCCCO[C@@H]1OC(CO)[C@H](O)C(O)C1NC(C)=O)NC(C)=O. The van der Waals surface area contributed by atoms with Crippen LogP contribution >= 0.6 is 0 Å². The van der Waals surface area contributed by atoms with Crippen LogP contribution in [0.25, 0.3) is 0 Å². The normalized spacial score (nSPS) is 25.5. The van der Waals surface area contributed by atoms with E-state index in [1.807, 2.05) is 0 Å². The molecule has 3 fully saturated rings. The highest BCUT2D eigenvalue weighted by Gasteiger charge is 2.48. The molecule has 3 rings (SSSR count). The third-order valence-corrected chi connectivity index (χ3v) is 16.0. The second-order valence-corrected chi connectivity index (χ2v) is 24.8. The lowest BCUT2D eigenvalue weighted by Crippen LogP contribution is -2.64. The van der Waals surface area contributed by atoms with Gasteiger partial charge >= 0.3 is 0 Å². The maximum atomic E-state index is 12.8. The van der Waals surface area contributed by atoms with E-state index < -0.39 is 141 Å². The summed E-state index contributed by atoms with van der Waals surface area (Å²) in [5, 5.41) is 117. The van der Waals surface area contributed by atoms with Crippen LogP contribution in [0.3, 0.4) is 0 Å². The second kappa shape index (κ2) is 50.4. The minimum Gasteiger partial charge on any atom is -0.394 e. The lowest BCUT2D eigenvalue weighted by Gasteiger charge is -2.42. The lowest BCUT2D eigenvalue weighted by atomic mass is 9.97. The van der Waals surface area contributed by atoms with Crippen molar-refractivity contribution in [2.45, 2.75) is 221 Å². The summed E-state index contributed by atoms with van der Waals surface area (Å²) in [5.74, 6) is -3.80. The third kappa shape index (κ3) is 35.8. The van der Waals surface area contributed by atoms with E-state index in [-0.39, 0.29) is 173 Å². The van der Waals surface area contributed by atoms with Crippen LogP contribution < -0.4 is 53.2 Å². The van der Waals surface area contributed by atoms with Gasteiger partial charge in [0.15, 0.2) is 18.9 Å². The van der Waals surface area contributed by atoms with Gasteiger partial charge in [-0.2, -0.15) is 0 Å². The molecule has 0 aliphatic carbocycles. The zero-order chi connectivity index (χ0) is 74.7. The van der Waals surface area contributed by atoms with E-state index in [0.717, 1.165) is 0 Å². The number of ether oxygens (including phenoxy) is 9. The summed E-state index contributed by atoms with van der Waals surface area (Å²) in [6.45, 7) is 3.87. The molecule has 0 aromatic heterocycles. The van der Waals surface area contributed by atoms with Crippen LogP contribution in [0.15, 0.2) is 0 Å². The third-order valence-electron chi connectivity index (χ3n) is 16.0. The fourth-order valence-corrected chi connectivity index (χ4v) is 10.7. The van der Waals surface area contributed by atoms with Gasteiger partial charge in [-0.15, -0.1) is 0 Å². The lowest BCUT2D eigenvalue weighted by molar-refractivity contribution is -0.270. The van der Waals surface area contributed by atoms with Crippen molar-refractivity contribution in [1.82, 2.24) is 53.2 Å². The van der Waals surface area contributed by atoms with Crippen molar-refractivity contribution in [3.05, 3.63) is 0 Å². The number of hydrogen-bond acceptors (Lipinski definition) is 28. The molecule has 3 heterocycles. The predicted molar refractivity (Wildman–Crippen MR) is 350 cm³/mol. The van der Waals surface area contributed by atoms with Gasteiger partial charge in [0.1, 0.15) is 78.6 Å². The number of amides is 10. The van der Waals surface area contributed by atoms with E-state index in [4.69, 9.17) is 42.6 Å². The number of aliphatic hydroxyl groups excluding tert-OH is 9. The first-order valence-electron chi connectivity index (χ1n) is 34.4. The van der Waals surface area contributed by atoms with Crippen molar-refractivity contribution in [2.24, 2.45) is 0 Å². The molecule has 38 nitrogen and oxygen atoms in total. The molecule has 10 amide bonds. The summed E-state index contributed by atoms with van der Waals surface area (Å²) in [7, 11) is 0. The van der Waals surface area contributed by atoms with Crippen LogP contribution in [0, 0.1) is 0 Å². The Labute approximate surface area is 587 Å². The zero-order valence-corrected chi connectivity index (χ0v) is 58.3. The van der Waals surface area contributed by atoms with E-state index in [1.54, 1.807) is 0 Å². The van der Waals surface area contributed by atoms with Crippen LogP contribution in [0.2, 0.25) is 0 Å². The standard InChI is InChI=1S/C63H112N10O28/c1-38(77)70-51-57(90)54(87)42(32-74)99-60(51)96-26-8-5-14-45(81)64-20-11-23-67-48(84)17-29-93-35-63(73-41(4)80,36-94-30-18-49(85)68-24-12-21-65-46(82)15-6-9-27-97-61-52(71-39(2)78)58(91)55(88)43(33-75)100-61)37-95-31-19-50(86)69-25-13-22-66-47(83)16-7-10-28-98-62-53(72-40(3)79)59(92)56(89)44(34-76)101-62/h42-44,51-62,74-76,87-92H,5-37H2,1-4H3,(H,64,81)(H,65,82)(H,66,83)(H,67,84)(H,68,85)(H,69,86)(H,70,77)(H,71,78)(H,72,79)(H,73,80)/t42?,43?,44?,51?,52?,53?,54-,55-,56+,57?,58?,59?,60+,61+,62-,63?/m1/s1. The van der Waals surface area contributed by atoms with Gasteiger partial charge in [-0.3, -0.25) is 47.9 Å². The summed E-state index contributed by atoms with van der Waals surface area (Å²) in [6, 6.07) is -3.26. The van der Waals surface area contributed by atoms with E-state index in [9.17, 15) is 93.9 Å². The molecule has 101 heavy (non-hydrogen) atoms. The molecule has 3 aliphatic rings. The molecular weight excluding hydrogens is 1340 g/mol. The molecule has 0 aromatic rings. The molecule has 582 valence electrons. The van der Waals surface area contributed by atoms with E-state index >= 15 is 0 Å². The fourth-order valence-electron chi connectivity index (χ4n) is 10.7. The molecule has 0 spiro atoms. The van der Waals surface area contributed by atoms with Crippen LogP contribution in [0.1, 0.15) is 124 Å². The number of rotatable bonds is 52. The van der Waals surface area contributed by atoms with Crippen molar-refractivity contribution < 1.29 is 137 Å². The Morgan fingerprint density at radius 1 is 0.327 bits per heavy atom. The van der Waals surface area contributed by atoms with Gasteiger partial charge in [0.2, 0.25) is 59.1 Å². The second-order valence-electron chi connectivity index (χ2n) is 24.8. The van der Waals surface area contributed by atoms with Crippen molar-refractivity contribution in [3.63, 3.8) is 0 Å². The fraction of sp³-hybridized carbons (Fsp3) is 0.841. The molecule has 0 aromatic carbocycles. The Balaban J connectivity index is 1.40. The predicted octanol–water partition coefficient (Wildman–Crippen LogP) is -7.66. The number of aliphatic hydroxyl groups is 9. The van der Waals surface area contributed by atoms with Crippen LogP contribution in [0.5, 0.6) is 0 Å². The van der Waals surface area contributed by atoms with E-state index in [0.29, 0.717) is 57.8 Å². The zero-order valence-electron chi connectivity index (χ0n) is 58.3. The molecule has 19 N–H and O–H groups in total. The average molecular weight is 1460 g/mol. The Morgan fingerprint density at radius 2 is 0.574 bits per heavy atom. The highest BCUT2D eigenvalue weighted by Crippen LogP contribution is 2.26. The highest BCUT2D eigenvalue weighted by atomic mass is 16.7. The Bertz CT molecular complexity index is 2240. The molecule has 3 saturated heterocycles. The van der Waals surface area contributed by atoms with E-state index in [1.165, 1.54) is 27.7 Å². The maximum absolute atomic E-state index is 12.8. The van der Waals surface area contributed by atoms with E-state index in [2.05, 4.69) is 53.2 Å². The quantitative estimate of drug-likeness (QED) is 0.0252. The van der Waals surface area contributed by atoms with Crippen molar-refractivity contribution in [2.75, 3.05) is 119 Å². The number of carbonyl (C=O) groups is 10. The first kappa shape index (κ1) is 89.2. The van der Waals surface area contributed by atoms with Crippen LogP contribution in [-0.2, 0) is 90.6 Å². The van der Waals surface area contributed by atoms with Gasteiger partial charge in [-0.25, -0.2) is 0 Å². The van der Waals surface area contributed by atoms with Gasteiger partial charge in [0.05, 0.1) is 59.5 Å². The highest BCUT2D eigenvalue weighted by molar-refractivity contribution is 5.78. The summed E-state index contributed by atoms with van der Waals surface area (Å²) >= 11 is 0. The summed E-state index contributed by atoms with van der Waals surface area (Å²) in [5.41, 5.74) is -1.37. The minimum atomic E-state index is -1.45. The number of nitrogens with one attached hydrogen (secondary N) is 10. The Kier molecular flexibility index (Phi) is 44.5. The number of carbonyl (C=O) groups excluding carboxylic acids is 10. The van der Waals surface area contributed by atoms with Gasteiger partial charge in [-0.05, 0) is 57.8 Å². The van der Waals surface area contributed by atoms with Gasteiger partial charge in [0, 0.05) is 125 Å². The Hall–Kier alpha value is -6.02. The van der Waals surface area contributed by atoms with Gasteiger partial charge in [-0.1, -0.05) is 0 Å². The molecular formula is C63H112N10O28. The van der Waals surface area contributed by atoms with Gasteiger partial charge in [0.25, 0.3) is 0 Å². The molecule has 0 bridgehead atoms. The molecule has 0 saturated carbocycles. The maximum Gasteiger partial charge on any atom is 0.222 e. The summed E-state index contributed by atoms with van der Waals surface area (Å²) < 4.78 is 51.4. The summed E-state index contributed by atoms with van der Waals surface area (Å²) in [4.78, 5) is 124. The van der Waals surface area contributed by atoms with Crippen LogP contribution in [-0.4, -0.2) is 321 Å². The van der Waals surface area contributed by atoms with Crippen molar-refractivity contribution >= 4 is 59.1 Å². The molecule has 3 aliphatic heterocycles. The first-order valence-corrected chi connectivity index (χ1v) is 34.4. The molecule has 9 unspecified atom stereocenters. The topological polar surface area (TPSA) is 556 Å². The molecule has 38 heteroatoms.